The SMILES string of the molecule is COC(=O)c1ccc(CNC(=O)/C=C/c2cccc(OCc3ccccc3)c2)cc1. The molecule has 3 aromatic rings. The first-order valence-electron chi connectivity index (χ1n) is 9.54. The summed E-state index contributed by atoms with van der Waals surface area (Å²) in [5.74, 6) is 0.151. The topological polar surface area (TPSA) is 64.6 Å². The summed E-state index contributed by atoms with van der Waals surface area (Å²) in [7, 11) is 1.34. The van der Waals surface area contributed by atoms with Gasteiger partial charge in [0, 0.05) is 12.6 Å². The molecule has 0 aromatic heterocycles. The van der Waals surface area contributed by atoms with E-state index in [1.165, 1.54) is 13.2 Å². The molecule has 0 spiro atoms. The molecule has 5 nitrogen and oxygen atoms in total. The third-order valence-electron chi connectivity index (χ3n) is 4.38. The highest BCUT2D eigenvalue weighted by Crippen LogP contribution is 2.16. The first-order chi connectivity index (χ1) is 14.6. The molecule has 0 fully saturated rings. The second-order valence-electron chi connectivity index (χ2n) is 6.59. The van der Waals surface area contributed by atoms with Gasteiger partial charge in [0.1, 0.15) is 12.4 Å². The maximum atomic E-state index is 12.1. The highest BCUT2D eigenvalue weighted by molar-refractivity contribution is 5.91. The number of amides is 1. The minimum absolute atomic E-state index is 0.206. The standard InChI is InChI=1S/C25H23NO4/c1-29-25(28)22-13-10-20(11-14-22)17-26-24(27)15-12-19-8-5-9-23(16-19)30-18-21-6-3-2-4-7-21/h2-16H,17-18H2,1H3,(H,26,27)/b15-12+. The largest absolute Gasteiger partial charge is 0.489 e. The molecule has 0 heterocycles. The zero-order chi connectivity index (χ0) is 21.2. The highest BCUT2D eigenvalue weighted by Gasteiger charge is 2.04. The Morgan fingerprint density at radius 1 is 0.900 bits per heavy atom. The van der Waals surface area contributed by atoms with Crippen LogP contribution >= 0.6 is 0 Å². The van der Waals surface area contributed by atoms with E-state index in [-0.39, 0.29) is 11.9 Å². The lowest BCUT2D eigenvalue weighted by Gasteiger charge is -2.07. The van der Waals surface area contributed by atoms with Crippen LogP contribution in [0.15, 0.2) is 84.9 Å². The molecule has 0 unspecified atom stereocenters. The van der Waals surface area contributed by atoms with Gasteiger partial charge in [0.2, 0.25) is 5.91 Å². The highest BCUT2D eigenvalue weighted by atomic mass is 16.5. The second kappa shape index (κ2) is 10.6. The quantitative estimate of drug-likeness (QED) is 0.449. The van der Waals surface area contributed by atoms with E-state index in [9.17, 15) is 9.59 Å². The second-order valence-corrected chi connectivity index (χ2v) is 6.59. The Balaban J connectivity index is 1.50. The molecule has 0 saturated heterocycles. The van der Waals surface area contributed by atoms with Gasteiger partial charge in [-0.3, -0.25) is 4.79 Å². The van der Waals surface area contributed by atoms with Crippen molar-refractivity contribution in [1.82, 2.24) is 5.32 Å². The van der Waals surface area contributed by atoms with Crippen molar-refractivity contribution in [3.05, 3.63) is 107 Å². The number of benzene rings is 3. The van der Waals surface area contributed by atoms with Crippen molar-refractivity contribution < 1.29 is 19.1 Å². The van der Waals surface area contributed by atoms with Gasteiger partial charge < -0.3 is 14.8 Å². The molecule has 0 radical (unpaired) electrons. The van der Waals surface area contributed by atoms with Crippen molar-refractivity contribution in [3.63, 3.8) is 0 Å². The molecule has 30 heavy (non-hydrogen) atoms. The molecule has 0 aliphatic rings. The van der Waals surface area contributed by atoms with Crippen LogP contribution in [-0.2, 0) is 22.7 Å². The Bertz CT molecular complexity index is 1010. The Morgan fingerprint density at radius 2 is 1.67 bits per heavy atom. The summed E-state index contributed by atoms with van der Waals surface area (Å²) in [5, 5.41) is 2.82. The number of ether oxygens (including phenoxy) is 2. The fraction of sp³-hybridized carbons (Fsp3) is 0.120. The molecule has 0 saturated carbocycles. The summed E-state index contributed by atoms with van der Waals surface area (Å²) in [6, 6.07) is 24.4. The van der Waals surface area contributed by atoms with Crippen LogP contribution in [0.4, 0.5) is 0 Å². The number of carbonyl (C=O) groups is 2. The molecule has 0 aliphatic carbocycles. The number of methoxy groups -OCH3 is 1. The fourth-order valence-corrected chi connectivity index (χ4v) is 2.75. The Hall–Kier alpha value is -3.86. The molecule has 0 aliphatic heterocycles. The normalized spacial score (nSPS) is 10.6. The van der Waals surface area contributed by atoms with Gasteiger partial charge in [0.25, 0.3) is 0 Å². The Morgan fingerprint density at radius 3 is 2.40 bits per heavy atom. The summed E-state index contributed by atoms with van der Waals surface area (Å²) >= 11 is 0. The summed E-state index contributed by atoms with van der Waals surface area (Å²) < 4.78 is 10.5. The zero-order valence-electron chi connectivity index (χ0n) is 16.7. The van der Waals surface area contributed by atoms with E-state index < -0.39 is 0 Å². The number of rotatable bonds is 8. The van der Waals surface area contributed by atoms with Crippen LogP contribution in [-0.4, -0.2) is 19.0 Å². The fourth-order valence-electron chi connectivity index (χ4n) is 2.75. The monoisotopic (exact) mass is 401 g/mol. The smallest absolute Gasteiger partial charge is 0.337 e. The van der Waals surface area contributed by atoms with Gasteiger partial charge in [-0.05, 0) is 47.0 Å². The predicted molar refractivity (Wildman–Crippen MR) is 116 cm³/mol. The van der Waals surface area contributed by atoms with E-state index in [0.29, 0.717) is 18.7 Å². The number of carbonyl (C=O) groups excluding carboxylic acids is 2. The zero-order valence-corrected chi connectivity index (χ0v) is 16.7. The van der Waals surface area contributed by atoms with Crippen molar-refractivity contribution in [1.29, 1.82) is 0 Å². The number of esters is 1. The molecule has 3 rings (SSSR count). The molecular formula is C25H23NO4. The molecule has 1 amide bonds. The van der Waals surface area contributed by atoms with E-state index in [2.05, 4.69) is 10.1 Å². The summed E-state index contributed by atoms with van der Waals surface area (Å²) in [6.45, 7) is 0.855. The van der Waals surface area contributed by atoms with Crippen LogP contribution in [0.2, 0.25) is 0 Å². The maximum Gasteiger partial charge on any atom is 0.337 e. The third-order valence-corrected chi connectivity index (χ3v) is 4.38. The first-order valence-corrected chi connectivity index (χ1v) is 9.54. The van der Waals surface area contributed by atoms with Gasteiger partial charge in [0.15, 0.2) is 0 Å². The van der Waals surface area contributed by atoms with E-state index >= 15 is 0 Å². The van der Waals surface area contributed by atoms with Crippen molar-refractivity contribution in [2.75, 3.05) is 7.11 Å². The maximum absolute atomic E-state index is 12.1. The summed E-state index contributed by atoms with van der Waals surface area (Å²) in [4.78, 5) is 23.5. The minimum atomic E-state index is -0.386. The lowest BCUT2D eigenvalue weighted by molar-refractivity contribution is -0.116. The number of hydrogen-bond donors (Lipinski definition) is 1. The van der Waals surface area contributed by atoms with Crippen molar-refractivity contribution >= 4 is 18.0 Å². The Labute approximate surface area is 176 Å². The Kier molecular flexibility index (Phi) is 7.39. The van der Waals surface area contributed by atoms with Crippen LogP contribution in [0, 0.1) is 0 Å². The minimum Gasteiger partial charge on any atom is -0.489 e. The molecule has 0 bridgehead atoms. The molecule has 1 N–H and O–H groups in total. The van der Waals surface area contributed by atoms with Gasteiger partial charge in [-0.1, -0.05) is 54.6 Å². The van der Waals surface area contributed by atoms with Gasteiger partial charge in [0.05, 0.1) is 12.7 Å². The lowest BCUT2D eigenvalue weighted by Crippen LogP contribution is -2.20. The van der Waals surface area contributed by atoms with Crippen molar-refractivity contribution in [2.45, 2.75) is 13.2 Å². The van der Waals surface area contributed by atoms with Gasteiger partial charge in [-0.25, -0.2) is 4.79 Å². The average molecular weight is 401 g/mol. The molecular weight excluding hydrogens is 378 g/mol. The number of nitrogens with one attached hydrogen (secondary N) is 1. The van der Waals surface area contributed by atoms with Gasteiger partial charge in [-0.15, -0.1) is 0 Å². The van der Waals surface area contributed by atoms with Gasteiger partial charge in [-0.2, -0.15) is 0 Å². The van der Waals surface area contributed by atoms with Crippen LogP contribution in [0.1, 0.15) is 27.0 Å². The van der Waals surface area contributed by atoms with Crippen LogP contribution in [0.3, 0.4) is 0 Å². The summed E-state index contributed by atoms with van der Waals surface area (Å²) in [6.07, 6.45) is 3.23. The van der Waals surface area contributed by atoms with Crippen LogP contribution in [0.5, 0.6) is 5.75 Å². The number of hydrogen-bond acceptors (Lipinski definition) is 4. The third kappa shape index (κ3) is 6.34. The lowest BCUT2D eigenvalue weighted by atomic mass is 10.1. The first kappa shape index (κ1) is 20.9. The van der Waals surface area contributed by atoms with Crippen LogP contribution in [0.25, 0.3) is 6.08 Å². The van der Waals surface area contributed by atoms with Crippen LogP contribution < -0.4 is 10.1 Å². The summed E-state index contributed by atoms with van der Waals surface area (Å²) in [5.41, 5.74) is 3.33. The van der Waals surface area contributed by atoms with E-state index in [4.69, 9.17) is 4.74 Å². The van der Waals surface area contributed by atoms with Crippen molar-refractivity contribution in [2.24, 2.45) is 0 Å². The van der Waals surface area contributed by atoms with E-state index in [1.54, 1.807) is 30.3 Å². The molecule has 152 valence electrons. The molecule has 0 atom stereocenters. The predicted octanol–water partition coefficient (Wildman–Crippen LogP) is 4.38. The van der Waals surface area contributed by atoms with Crippen molar-refractivity contribution in [3.8, 4) is 5.75 Å². The van der Waals surface area contributed by atoms with E-state index in [1.807, 2.05) is 54.6 Å². The molecule has 5 heteroatoms. The van der Waals surface area contributed by atoms with Gasteiger partial charge >= 0.3 is 5.97 Å². The molecule has 3 aromatic carbocycles. The van der Waals surface area contributed by atoms with E-state index in [0.717, 1.165) is 22.4 Å². The average Bonchev–Trinajstić information content (AvgIpc) is 2.81.